The average molecular weight is 345 g/mol. The summed E-state index contributed by atoms with van der Waals surface area (Å²) in [5, 5.41) is 0.937. The number of para-hydroxylation sites is 1. The second-order valence-electron chi connectivity index (χ2n) is 5.93. The number of piperazine rings is 1. The van der Waals surface area contributed by atoms with E-state index in [0.29, 0.717) is 13.0 Å². The normalized spacial score (nSPS) is 14.9. The van der Waals surface area contributed by atoms with E-state index in [-0.39, 0.29) is 5.91 Å². The molecule has 0 bridgehead atoms. The summed E-state index contributed by atoms with van der Waals surface area (Å²) in [5.41, 5.74) is 2.18. The molecule has 2 aromatic rings. The molecule has 1 fully saturated rings. The van der Waals surface area contributed by atoms with E-state index in [1.807, 2.05) is 17.9 Å². The van der Waals surface area contributed by atoms with Crippen LogP contribution in [-0.2, 0) is 22.6 Å². The van der Waals surface area contributed by atoms with Gasteiger partial charge in [0.1, 0.15) is 5.01 Å². The van der Waals surface area contributed by atoms with Gasteiger partial charge < -0.3 is 14.5 Å². The first-order valence-electron chi connectivity index (χ1n) is 8.19. The van der Waals surface area contributed by atoms with Crippen LogP contribution in [0.4, 0.5) is 5.69 Å². The number of anilines is 1. The molecular formula is C18H23N3O2S. The number of carbonyl (C=O) groups excluding carboxylic acids is 1. The lowest BCUT2D eigenvalue weighted by molar-refractivity contribution is -0.130. The summed E-state index contributed by atoms with van der Waals surface area (Å²) in [5.74, 6) is 0.193. The molecule has 1 aromatic carbocycles. The monoisotopic (exact) mass is 345 g/mol. The number of hydrogen-bond donors (Lipinski definition) is 0. The van der Waals surface area contributed by atoms with Crippen LogP contribution in [0.5, 0.6) is 0 Å². The summed E-state index contributed by atoms with van der Waals surface area (Å²) >= 11 is 1.58. The molecule has 0 aliphatic carbocycles. The number of methoxy groups -OCH3 is 1. The van der Waals surface area contributed by atoms with E-state index >= 15 is 0 Å². The smallest absolute Gasteiger partial charge is 0.228 e. The Morgan fingerprint density at radius 2 is 1.92 bits per heavy atom. The molecule has 0 N–H and O–H groups in total. The summed E-state index contributed by atoms with van der Waals surface area (Å²) in [7, 11) is 1.66. The highest BCUT2D eigenvalue weighted by atomic mass is 32.1. The maximum absolute atomic E-state index is 12.6. The third kappa shape index (κ3) is 3.94. The van der Waals surface area contributed by atoms with Gasteiger partial charge in [0, 0.05) is 43.9 Å². The highest BCUT2D eigenvalue weighted by molar-refractivity contribution is 7.11. The van der Waals surface area contributed by atoms with Gasteiger partial charge in [-0.1, -0.05) is 18.2 Å². The van der Waals surface area contributed by atoms with Gasteiger partial charge in [-0.3, -0.25) is 4.79 Å². The first-order chi connectivity index (χ1) is 11.7. The molecule has 0 saturated carbocycles. The molecule has 1 aliphatic rings. The number of thiazole rings is 1. The van der Waals surface area contributed by atoms with Gasteiger partial charge in [0.05, 0.1) is 18.7 Å². The Labute approximate surface area is 146 Å². The minimum absolute atomic E-state index is 0.193. The molecule has 1 aromatic heterocycles. The van der Waals surface area contributed by atoms with Crippen LogP contribution in [0.2, 0.25) is 0 Å². The van der Waals surface area contributed by atoms with Crippen molar-refractivity contribution in [3.8, 4) is 0 Å². The Morgan fingerprint density at radius 3 is 2.58 bits per heavy atom. The number of ether oxygens (including phenoxy) is 1. The summed E-state index contributed by atoms with van der Waals surface area (Å²) in [6.07, 6.45) is 0.443. The summed E-state index contributed by atoms with van der Waals surface area (Å²) < 4.78 is 5.12. The van der Waals surface area contributed by atoms with Crippen LogP contribution in [0.15, 0.2) is 30.3 Å². The molecule has 6 heteroatoms. The van der Waals surface area contributed by atoms with Gasteiger partial charge in [0.2, 0.25) is 5.91 Å². The number of benzene rings is 1. The van der Waals surface area contributed by atoms with Gasteiger partial charge in [0.15, 0.2) is 0 Å². The van der Waals surface area contributed by atoms with E-state index in [0.717, 1.165) is 41.8 Å². The lowest BCUT2D eigenvalue weighted by atomic mass is 10.2. The van der Waals surface area contributed by atoms with E-state index in [4.69, 9.17) is 4.74 Å². The van der Waals surface area contributed by atoms with Gasteiger partial charge in [-0.2, -0.15) is 0 Å². The van der Waals surface area contributed by atoms with Crippen molar-refractivity contribution < 1.29 is 9.53 Å². The molecule has 24 heavy (non-hydrogen) atoms. The molecule has 5 nitrogen and oxygen atoms in total. The van der Waals surface area contributed by atoms with Crippen molar-refractivity contribution in [2.24, 2.45) is 0 Å². The second kappa shape index (κ2) is 7.77. The summed E-state index contributed by atoms with van der Waals surface area (Å²) in [6.45, 7) is 5.78. The van der Waals surface area contributed by atoms with E-state index in [2.05, 4.69) is 34.1 Å². The van der Waals surface area contributed by atoms with E-state index in [9.17, 15) is 4.79 Å². The minimum Gasteiger partial charge on any atom is -0.378 e. The SMILES string of the molecule is COCc1nc(C)c(CC(=O)N2CCN(c3ccccc3)CC2)s1. The highest BCUT2D eigenvalue weighted by Crippen LogP contribution is 2.21. The van der Waals surface area contributed by atoms with Crippen molar-refractivity contribution in [1.29, 1.82) is 0 Å². The number of aromatic nitrogens is 1. The molecule has 1 amide bonds. The largest absolute Gasteiger partial charge is 0.378 e. The second-order valence-corrected chi connectivity index (χ2v) is 7.10. The average Bonchev–Trinajstić information content (AvgIpc) is 2.95. The predicted molar refractivity (Wildman–Crippen MR) is 96.5 cm³/mol. The van der Waals surface area contributed by atoms with Crippen LogP contribution < -0.4 is 4.90 Å². The molecule has 1 saturated heterocycles. The van der Waals surface area contributed by atoms with Crippen molar-refractivity contribution in [2.75, 3.05) is 38.2 Å². The molecule has 1 aliphatic heterocycles. The maximum atomic E-state index is 12.6. The number of nitrogens with zero attached hydrogens (tertiary/aromatic N) is 3. The lowest BCUT2D eigenvalue weighted by Gasteiger charge is -2.36. The van der Waals surface area contributed by atoms with E-state index < -0.39 is 0 Å². The van der Waals surface area contributed by atoms with E-state index in [1.54, 1.807) is 18.4 Å². The molecule has 2 heterocycles. The highest BCUT2D eigenvalue weighted by Gasteiger charge is 2.22. The molecule has 0 spiro atoms. The van der Waals surface area contributed by atoms with Crippen LogP contribution in [-0.4, -0.2) is 49.1 Å². The standard InChI is InChI=1S/C18H23N3O2S/c1-14-16(24-17(19-14)13-23-2)12-18(22)21-10-8-20(9-11-21)15-6-4-3-5-7-15/h3-7H,8-13H2,1-2H3. The quantitative estimate of drug-likeness (QED) is 0.835. The van der Waals surface area contributed by atoms with Gasteiger partial charge in [-0.05, 0) is 19.1 Å². The third-order valence-electron chi connectivity index (χ3n) is 4.27. The minimum atomic E-state index is 0.193. The zero-order valence-corrected chi connectivity index (χ0v) is 15.0. The van der Waals surface area contributed by atoms with Crippen LogP contribution >= 0.6 is 11.3 Å². The van der Waals surface area contributed by atoms with Crippen molar-refractivity contribution in [3.63, 3.8) is 0 Å². The first-order valence-corrected chi connectivity index (χ1v) is 9.01. The fraction of sp³-hybridized carbons (Fsp3) is 0.444. The van der Waals surface area contributed by atoms with Gasteiger partial charge in [-0.15, -0.1) is 11.3 Å². The Hall–Kier alpha value is -1.92. The number of aryl methyl sites for hydroxylation is 1. The van der Waals surface area contributed by atoms with Crippen molar-refractivity contribution in [2.45, 2.75) is 20.0 Å². The first kappa shape index (κ1) is 16.9. The van der Waals surface area contributed by atoms with Crippen LogP contribution in [0.3, 0.4) is 0 Å². The molecule has 3 rings (SSSR count). The van der Waals surface area contributed by atoms with Crippen molar-refractivity contribution in [3.05, 3.63) is 45.9 Å². The van der Waals surface area contributed by atoms with Crippen molar-refractivity contribution >= 4 is 22.9 Å². The molecule has 0 unspecified atom stereocenters. The predicted octanol–water partition coefficient (Wildman–Crippen LogP) is 2.49. The summed E-state index contributed by atoms with van der Waals surface area (Å²) in [6, 6.07) is 10.4. The summed E-state index contributed by atoms with van der Waals surface area (Å²) in [4.78, 5) is 22.4. The zero-order valence-electron chi connectivity index (χ0n) is 14.2. The number of hydrogen-bond acceptors (Lipinski definition) is 5. The molecular weight excluding hydrogens is 322 g/mol. The van der Waals surface area contributed by atoms with E-state index in [1.165, 1.54) is 5.69 Å². The molecule has 128 valence electrons. The number of amides is 1. The topological polar surface area (TPSA) is 45.7 Å². The van der Waals surface area contributed by atoms with Crippen LogP contribution in [0.25, 0.3) is 0 Å². The Bertz CT molecular complexity index is 679. The lowest BCUT2D eigenvalue weighted by Crippen LogP contribution is -2.49. The third-order valence-corrected chi connectivity index (χ3v) is 5.40. The molecule has 0 atom stereocenters. The Kier molecular flexibility index (Phi) is 5.48. The Balaban J connectivity index is 1.55. The van der Waals surface area contributed by atoms with Crippen molar-refractivity contribution in [1.82, 2.24) is 9.88 Å². The van der Waals surface area contributed by atoms with Gasteiger partial charge in [-0.25, -0.2) is 4.98 Å². The number of carbonyl (C=O) groups is 1. The maximum Gasteiger partial charge on any atom is 0.228 e. The van der Waals surface area contributed by atoms with Gasteiger partial charge in [0.25, 0.3) is 0 Å². The molecule has 0 radical (unpaired) electrons. The number of rotatable bonds is 5. The van der Waals surface area contributed by atoms with Crippen LogP contribution in [0, 0.1) is 6.92 Å². The fourth-order valence-corrected chi connectivity index (χ4v) is 3.97. The zero-order chi connectivity index (χ0) is 16.9. The van der Waals surface area contributed by atoms with Gasteiger partial charge >= 0.3 is 0 Å². The fourth-order valence-electron chi connectivity index (χ4n) is 2.94. The van der Waals surface area contributed by atoms with Crippen LogP contribution in [0.1, 0.15) is 15.6 Å². The Morgan fingerprint density at radius 1 is 1.21 bits per heavy atom.